The summed E-state index contributed by atoms with van der Waals surface area (Å²) in [7, 11) is 0. The van der Waals surface area contributed by atoms with Gasteiger partial charge in [-0.05, 0) is 60.2 Å². The maximum Gasteiger partial charge on any atom is 0.164 e. The second-order valence-corrected chi connectivity index (χ2v) is 19.6. The number of benzene rings is 10. The molecule has 4 heterocycles. The fraction of sp³-hybridized carbons (Fsp3) is 0. The lowest BCUT2D eigenvalue weighted by Gasteiger charge is -2.40. The fourth-order valence-electron chi connectivity index (χ4n) is 10.7. The summed E-state index contributed by atoms with van der Waals surface area (Å²) >= 11 is 0. The molecule has 384 valence electrons. The third-order valence-electron chi connectivity index (χ3n) is 14.5. The first-order valence-corrected chi connectivity index (χ1v) is 27.0. The monoisotopic (exact) mass is 1050 g/mol. The predicted molar refractivity (Wildman–Crippen MR) is 328 cm³/mol. The van der Waals surface area contributed by atoms with Crippen molar-refractivity contribution in [2.45, 2.75) is 0 Å². The summed E-state index contributed by atoms with van der Waals surface area (Å²) in [5.41, 5.74) is 15.5. The lowest BCUT2D eigenvalue weighted by Crippen LogP contribution is -2.25. The van der Waals surface area contributed by atoms with Crippen molar-refractivity contribution in [1.29, 1.82) is 5.26 Å². The molecule has 0 amide bonds. The number of para-hydroxylation sites is 4. The van der Waals surface area contributed by atoms with Crippen LogP contribution in [0, 0.1) is 11.3 Å². The smallest absolute Gasteiger partial charge is 0.164 e. The van der Waals surface area contributed by atoms with Gasteiger partial charge in [0, 0.05) is 50.6 Å². The average Bonchev–Trinajstić information content (AvgIpc) is 2.51. The highest BCUT2D eigenvalue weighted by molar-refractivity contribution is 6.07. The van der Waals surface area contributed by atoms with Gasteiger partial charge in [0.15, 0.2) is 29.1 Å². The van der Waals surface area contributed by atoms with Crippen LogP contribution in [0.4, 0.5) is 34.3 Å². The van der Waals surface area contributed by atoms with Crippen molar-refractivity contribution in [3.63, 3.8) is 0 Å². The van der Waals surface area contributed by atoms with Gasteiger partial charge in [-0.1, -0.05) is 218 Å². The minimum absolute atomic E-state index is 0.445. The van der Waals surface area contributed by atoms with E-state index in [1.54, 1.807) is 0 Å². The number of aromatic nitrogens is 7. The van der Waals surface area contributed by atoms with Crippen LogP contribution in [0.2, 0.25) is 0 Å². The summed E-state index contributed by atoms with van der Waals surface area (Å²) < 4.78 is 0. The molecule has 0 saturated heterocycles. The van der Waals surface area contributed by atoms with Gasteiger partial charge in [-0.25, -0.2) is 34.9 Å². The van der Waals surface area contributed by atoms with Crippen LogP contribution in [0.15, 0.2) is 279 Å². The Bertz CT molecular complexity index is 4280. The van der Waals surface area contributed by atoms with Crippen molar-refractivity contribution < 1.29 is 0 Å². The van der Waals surface area contributed by atoms with E-state index >= 15 is 0 Å². The minimum Gasteiger partial charge on any atom is -0.306 e. The Kier molecular flexibility index (Phi) is 12.7. The van der Waals surface area contributed by atoms with Crippen molar-refractivity contribution in [2.75, 3.05) is 9.80 Å². The van der Waals surface area contributed by atoms with Gasteiger partial charge in [-0.15, -0.1) is 0 Å². The lowest BCUT2D eigenvalue weighted by atomic mass is 9.90. The van der Waals surface area contributed by atoms with Crippen LogP contribution in [-0.4, -0.2) is 34.9 Å². The highest BCUT2D eigenvalue weighted by atomic mass is 15.3. The molecule has 0 saturated carbocycles. The normalized spacial score (nSPS) is 11.6. The van der Waals surface area contributed by atoms with Gasteiger partial charge in [-0.3, -0.25) is 4.90 Å². The quantitative estimate of drug-likeness (QED) is 0.124. The van der Waals surface area contributed by atoms with Crippen molar-refractivity contribution in [3.8, 4) is 108 Å². The molecule has 0 aliphatic carbocycles. The van der Waals surface area contributed by atoms with Crippen molar-refractivity contribution >= 4 is 34.3 Å². The van der Waals surface area contributed by atoms with Crippen LogP contribution in [0.3, 0.4) is 0 Å². The zero-order valence-electron chi connectivity index (χ0n) is 44.0. The highest BCUT2D eigenvalue weighted by Gasteiger charge is 2.35. The largest absolute Gasteiger partial charge is 0.306 e. The Morgan fingerprint density at radius 2 is 0.622 bits per heavy atom. The first kappa shape index (κ1) is 48.8. The minimum atomic E-state index is 0.445. The van der Waals surface area contributed by atoms with E-state index in [-0.39, 0.29) is 0 Å². The zero-order chi connectivity index (χ0) is 54.8. The van der Waals surface area contributed by atoms with Gasteiger partial charge in [0.05, 0.1) is 62.7 Å². The van der Waals surface area contributed by atoms with Crippen LogP contribution in [0.25, 0.3) is 102 Å². The summed E-state index contributed by atoms with van der Waals surface area (Å²) in [5.74, 6) is 3.25. The Labute approximate surface area is 474 Å². The maximum absolute atomic E-state index is 10.3. The summed E-state index contributed by atoms with van der Waals surface area (Å²) in [6.07, 6.45) is 0. The molecule has 0 bridgehead atoms. The molecular weight excluding hydrogens is 1000 g/mol. The summed E-state index contributed by atoms with van der Waals surface area (Å²) in [6.45, 7) is 0. The molecular formula is C72H46N10. The second-order valence-electron chi connectivity index (χ2n) is 19.6. The van der Waals surface area contributed by atoms with Crippen LogP contribution < -0.4 is 9.80 Å². The maximum atomic E-state index is 10.3. The van der Waals surface area contributed by atoms with Gasteiger partial charge < -0.3 is 4.90 Å². The fourth-order valence-corrected chi connectivity index (χ4v) is 10.7. The molecule has 10 nitrogen and oxygen atoms in total. The Hall–Kier alpha value is -11.5. The summed E-state index contributed by atoms with van der Waals surface area (Å²) in [6, 6.07) is 96.0. The standard InChI is InChI=1S/C72H46N10/c73-47-48-39-41-52(42-40-48)66-56(71-79-69(54-31-15-5-16-32-54)78-70(80-71)55-33-17-6-18-34-55)43-44-64(67(66)72-75-57(49-23-7-1-8-24-49)45-58(76-72)50-25-9-2-10-26-50)81-60-35-19-21-37-62(60)82(63-38-22-20-36-61(63)81)65-46-59(51-27-11-3-12-28-51)74-68(77-65)53-29-13-4-14-30-53/h1-46H. The first-order valence-electron chi connectivity index (χ1n) is 27.0. The Morgan fingerprint density at radius 1 is 0.256 bits per heavy atom. The van der Waals surface area contributed by atoms with Crippen LogP contribution in [0.5, 0.6) is 0 Å². The number of fused-ring (bicyclic) bond motifs is 2. The third-order valence-corrected chi connectivity index (χ3v) is 14.5. The molecule has 0 radical (unpaired) electrons. The molecule has 0 spiro atoms. The molecule has 10 aromatic carbocycles. The molecule has 10 heteroatoms. The summed E-state index contributed by atoms with van der Waals surface area (Å²) in [4.78, 5) is 42.2. The topological polar surface area (TPSA) is 120 Å². The van der Waals surface area contributed by atoms with E-state index in [1.807, 2.05) is 170 Å². The van der Waals surface area contributed by atoms with E-state index in [4.69, 9.17) is 34.9 Å². The van der Waals surface area contributed by atoms with E-state index in [9.17, 15) is 5.26 Å². The molecule has 0 N–H and O–H groups in total. The van der Waals surface area contributed by atoms with Crippen molar-refractivity contribution in [1.82, 2.24) is 34.9 Å². The van der Waals surface area contributed by atoms with Gasteiger partial charge in [-0.2, -0.15) is 5.26 Å². The van der Waals surface area contributed by atoms with Crippen LogP contribution >= 0.6 is 0 Å². The molecule has 0 unspecified atom stereocenters. The van der Waals surface area contributed by atoms with Gasteiger partial charge in [0.2, 0.25) is 0 Å². The summed E-state index contributed by atoms with van der Waals surface area (Å²) in [5, 5.41) is 10.3. The lowest BCUT2D eigenvalue weighted by molar-refractivity contribution is 1.07. The third kappa shape index (κ3) is 9.26. The van der Waals surface area contributed by atoms with E-state index in [1.165, 1.54) is 0 Å². The van der Waals surface area contributed by atoms with Gasteiger partial charge in [0.1, 0.15) is 5.82 Å². The van der Waals surface area contributed by atoms with Crippen molar-refractivity contribution in [2.24, 2.45) is 0 Å². The van der Waals surface area contributed by atoms with E-state index in [2.05, 4.69) is 125 Å². The van der Waals surface area contributed by atoms with Crippen molar-refractivity contribution in [3.05, 3.63) is 285 Å². The molecule has 1 aliphatic rings. The van der Waals surface area contributed by atoms with Gasteiger partial charge in [0.25, 0.3) is 0 Å². The SMILES string of the molecule is N#Cc1ccc(-c2c(-c3nc(-c4ccccc4)nc(-c4ccccc4)n3)ccc(N3c4ccccc4N(c4cc(-c5ccccc5)nc(-c5ccccc5)n4)c4ccccc43)c2-c2nc(-c3ccccc3)cc(-c3ccccc3)n2)cc1. The van der Waals surface area contributed by atoms with E-state index in [0.717, 1.165) is 90.0 Å². The molecule has 0 atom stereocenters. The number of nitrogens with zero attached hydrogens (tertiary/aromatic N) is 10. The second kappa shape index (κ2) is 21.4. The molecule has 14 rings (SSSR count). The molecule has 82 heavy (non-hydrogen) atoms. The number of hydrogen-bond acceptors (Lipinski definition) is 10. The number of rotatable bonds is 11. The van der Waals surface area contributed by atoms with E-state index in [0.29, 0.717) is 51.6 Å². The average molecular weight is 1050 g/mol. The zero-order valence-corrected chi connectivity index (χ0v) is 44.0. The number of hydrogen-bond donors (Lipinski definition) is 0. The molecule has 0 fully saturated rings. The predicted octanol–water partition coefficient (Wildman–Crippen LogP) is 17.6. The molecule has 13 aromatic rings. The van der Waals surface area contributed by atoms with Crippen LogP contribution in [0.1, 0.15) is 5.56 Å². The molecule has 3 aromatic heterocycles. The van der Waals surface area contributed by atoms with Gasteiger partial charge >= 0.3 is 0 Å². The number of anilines is 6. The van der Waals surface area contributed by atoms with Crippen LogP contribution in [-0.2, 0) is 0 Å². The highest BCUT2D eigenvalue weighted by Crippen LogP contribution is 2.57. The Morgan fingerprint density at radius 3 is 1.06 bits per heavy atom. The first-order chi connectivity index (χ1) is 40.6. The molecule has 1 aliphatic heterocycles. The number of nitriles is 1. The Balaban J connectivity index is 1.08. The van der Waals surface area contributed by atoms with E-state index < -0.39 is 0 Å².